The smallest absolute Gasteiger partial charge is 0.154 e. The standard InChI is InChI=1S/C22H32N6/c1-23-20-12-19(18-9-7-16(8-10-18)15-28(3)4)27-22(21(20)24-2)26-14-17-6-5-11-25-13-17/h7-10,12,17,25H,5-6,11,13-15H2,1-4H3,(H,26,27)/b23-20-,24-21+. The molecule has 0 spiro atoms. The molecule has 2 aliphatic rings. The molecule has 28 heavy (non-hydrogen) atoms. The third-order valence-electron chi connectivity index (χ3n) is 5.14. The van der Waals surface area contributed by atoms with E-state index in [0.717, 1.165) is 54.7 Å². The molecule has 1 saturated heterocycles. The van der Waals surface area contributed by atoms with E-state index < -0.39 is 0 Å². The average Bonchev–Trinajstić information content (AvgIpc) is 2.72. The normalized spacial score (nSPS) is 23.1. The third kappa shape index (κ3) is 5.14. The number of piperidine rings is 1. The maximum atomic E-state index is 4.90. The maximum Gasteiger partial charge on any atom is 0.154 e. The highest BCUT2D eigenvalue weighted by Gasteiger charge is 2.22. The number of rotatable bonds is 5. The van der Waals surface area contributed by atoms with Crippen molar-refractivity contribution in [3.05, 3.63) is 41.5 Å². The Bertz CT molecular complexity index is 780. The molecule has 2 heterocycles. The molecule has 150 valence electrons. The van der Waals surface area contributed by atoms with Crippen LogP contribution in [0.25, 0.3) is 5.70 Å². The number of hydrogen-bond donors (Lipinski definition) is 2. The summed E-state index contributed by atoms with van der Waals surface area (Å²) in [6.07, 6.45) is 4.51. The summed E-state index contributed by atoms with van der Waals surface area (Å²) in [5, 5.41) is 7.02. The van der Waals surface area contributed by atoms with E-state index in [-0.39, 0.29) is 0 Å². The molecule has 1 fully saturated rings. The highest BCUT2D eigenvalue weighted by molar-refractivity contribution is 6.72. The number of benzene rings is 1. The molecule has 1 aromatic carbocycles. The van der Waals surface area contributed by atoms with Gasteiger partial charge in [-0.1, -0.05) is 24.3 Å². The van der Waals surface area contributed by atoms with Gasteiger partial charge in [-0.2, -0.15) is 0 Å². The van der Waals surface area contributed by atoms with Crippen LogP contribution < -0.4 is 10.6 Å². The molecule has 1 aromatic rings. The molecule has 6 heteroatoms. The monoisotopic (exact) mass is 380 g/mol. The largest absolute Gasteiger partial charge is 0.368 e. The Labute approximate surface area is 168 Å². The van der Waals surface area contributed by atoms with E-state index in [9.17, 15) is 0 Å². The van der Waals surface area contributed by atoms with Crippen molar-refractivity contribution in [2.75, 3.05) is 47.8 Å². The van der Waals surface area contributed by atoms with Crippen LogP contribution in [0.3, 0.4) is 0 Å². The van der Waals surface area contributed by atoms with Gasteiger partial charge in [0.25, 0.3) is 0 Å². The van der Waals surface area contributed by atoms with Gasteiger partial charge in [-0.25, -0.2) is 4.99 Å². The third-order valence-corrected chi connectivity index (χ3v) is 5.14. The Hall–Kier alpha value is -2.31. The van der Waals surface area contributed by atoms with Crippen LogP contribution in [0, 0.1) is 5.92 Å². The predicted octanol–water partition coefficient (Wildman–Crippen LogP) is 2.23. The molecule has 2 N–H and O–H groups in total. The molecule has 6 nitrogen and oxygen atoms in total. The van der Waals surface area contributed by atoms with Gasteiger partial charge in [0.2, 0.25) is 0 Å². The summed E-state index contributed by atoms with van der Waals surface area (Å²) in [6, 6.07) is 8.60. The molecule has 0 bridgehead atoms. The van der Waals surface area contributed by atoms with E-state index in [0.29, 0.717) is 5.92 Å². The summed E-state index contributed by atoms with van der Waals surface area (Å²) in [6.45, 7) is 4.02. The Morgan fingerprint density at radius 2 is 1.96 bits per heavy atom. The van der Waals surface area contributed by atoms with E-state index in [1.807, 2.05) is 13.1 Å². The first kappa shape index (κ1) is 20.4. The predicted molar refractivity (Wildman–Crippen MR) is 120 cm³/mol. The zero-order chi connectivity index (χ0) is 19.9. The first-order valence-electron chi connectivity index (χ1n) is 10.0. The van der Waals surface area contributed by atoms with Crippen molar-refractivity contribution in [3.63, 3.8) is 0 Å². The van der Waals surface area contributed by atoms with Crippen molar-refractivity contribution in [2.24, 2.45) is 20.9 Å². The van der Waals surface area contributed by atoms with E-state index in [1.165, 1.54) is 18.4 Å². The quantitative estimate of drug-likeness (QED) is 0.823. The van der Waals surface area contributed by atoms with Gasteiger partial charge in [0.05, 0.1) is 11.4 Å². The van der Waals surface area contributed by atoms with E-state index >= 15 is 0 Å². The van der Waals surface area contributed by atoms with Crippen LogP contribution in [-0.2, 0) is 6.54 Å². The molecule has 0 radical (unpaired) electrons. The van der Waals surface area contributed by atoms with Gasteiger partial charge in [-0.3, -0.25) is 9.98 Å². The summed E-state index contributed by atoms with van der Waals surface area (Å²) >= 11 is 0. The molecular weight excluding hydrogens is 348 g/mol. The van der Waals surface area contributed by atoms with Crippen molar-refractivity contribution in [3.8, 4) is 0 Å². The lowest BCUT2D eigenvalue weighted by atomic mass is 9.99. The molecule has 0 amide bonds. The fourth-order valence-corrected chi connectivity index (χ4v) is 3.67. The topological polar surface area (TPSA) is 64.4 Å². The van der Waals surface area contributed by atoms with Gasteiger partial charge in [0, 0.05) is 32.7 Å². The lowest BCUT2D eigenvalue weighted by molar-refractivity contribution is 0.376. The van der Waals surface area contributed by atoms with Gasteiger partial charge in [0.15, 0.2) is 5.84 Å². The van der Waals surface area contributed by atoms with Crippen molar-refractivity contribution in [2.45, 2.75) is 19.4 Å². The number of hydrogen-bond acceptors (Lipinski definition) is 6. The van der Waals surface area contributed by atoms with E-state index in [4.69, 9.17) is 4.99 Å². The van der Waals surface area contributed by atoms with Crippen LogP contribution in [0.2, 0.25) is 0 Å². The van der Waals surface area contributed by atoms with Crippen LogP contribution >= 0.6 is 0 Å². The molecule has 0 saturated carbocycles. The number of nitrogens with one attached hydrogen (secondary N) is 2. The molecule has 0 aromatic heterocycles. The van der Waals surface area contributed by atoms with Crippen LogP contribution in [-0.4, -0.2) is 70.0 Å². The second-order valence-electron chi connectivity index (χ2n) is 7.70. The van der Waals surface area contributed by atoms with Crippen molar-refractivity contribution in [1.29, 1.82) is 0 Å². The minimum Gasteiger partial charge on any atom is -0.368 e. The van der Waals surface area contributed by atoms with Gasteiger partial charge in [-0.15, -0.1) is 0 Å². The summed E-state index contributed by atoms with van der Waals surface area (Å²) in [5.41, 5.74) is 5.01. The summed E-state index contributed by atoms with van der Waals surface area (Å²) in [5.74, 6) is 1.44. The Morgan fingerprint density at radius 1 is 1.18 bits per heavy atom. The van der Waals surface area contributed by atoms with Gasteiger partial charge >= 0.3 is 0 Å². The maximum absolute atomic E-state index is 4.90. The SMILES string of the molecule is C/N=C1/C=C(c2ccc(CN(C)C)cc2)N=C(NCC2CCCNC2)/C1=N/C. The van der Waals surface area contributed by atoms with Gasteiger partial charge in [0.1, 0.15) is 5.71 Å². The van der Waals surface area contributed by atoms with Crippen LogP contribution in [0.5, 0.6) is 0 Å². The van der Waals surface area contributed by atoms with Crippen molar-refractivity contribution < 1.29 is 0 Å². The summed E-state index contributed by atoms with van der Waals surface area (Å²) < 4.78 is 0. The molecule has 2 aliphatic heterocycles. The number of allylic oxidation sites excluding steroid dienone is 1. The number of aliphatic imine (C=N–C) groups is 3. The first-order valence-corrected chi connectivity index (χ1v) is 10.0. The number of amidine groups is 1. The second kappa shape index (κ2) is 9.75. The highest BCUT2D eigenvalue weighted by atomic mass is 15.1. The minimum atomic E-state index is 0.622. The molecular formula is C22H32N6. The lowest BCUT2D eigenvalue weighted by Crippen LogP contribution is -2.43. The Morgan fingerprint density at radius 3 is 2.57 bits per heavy atom. The Kier molecular flexibility index (Phi) is 7.12. The van der Waals surface area contributed by atoms with Crippen LogP contribution in [0.1, 0.15) is 24.0 Å². The summed E-state index contributed by atoms with van der Waals surface area (Å²) in [7, 11) is 7.77. The minimum absolute atomic E-state index is 0.622. The van der Waals surface area contributed by atoms with Gasteiger partial charge in [-0.05, 0) is 57.6 Å². The van der Waals surface area contributed by atoms with Crippen molar-refractivity contribution in [1.82, 2.24) is 15.5 Å². The van der Waals surface area contributed by atoms with Crippen molar-refractivity contribution >= 4 is 23.0 Å². The molecule has 3 rings (SSSR count). The fraction of sp³-hybridized carbons (Fsp3) is 0.500. The fourth-order valence-electron chi connectivity index (χ4n) is 3.67. The molecule has 1 atom stereocenters. The summed E-state index contributed by atoms with van der Waals surface area (Å²) in [4.78, 5) is 16.0. The van der Waals surface area contributed by atoms with E-state index in [2.05, 4.69) is 63.9 Å². The Balaban J connectivity index is 1.81. The first-order chi connectivity index (χ1) is 13.6. The second-order valence-corrected chi connectivity index (χ2v) is 7.70. The van der Waals surface area contributed by atoms with Crippen LogP contribution in [0.4, 0.5) is 0 Å². The lowest BCUT2D eigenvalue weighted by Gasteiger charge is -2.25. The van der Waals surface area contributed by atoms with Gasteiger partial charge < -0.3 is 15.5 Å². The van der Waals surface area contributed by atoms with E-state index in [1.54, 1.807) is 7.05 Å². The van der Waals surface area contributed by atoms with Crippen LogP contribution in [0.15, 0.2) is 45.3 Å². The zero-order valence-corrected chi connectivity index (χ0v) is 17.5. The highest BCUT2D eigenvalue weighted by Crippen LogP contribution is 2.21. The average molecular weight is 381 g/mol. The molecule has 0 aliphatic carbocycles. The number of nitrogens with zero attached hydrogens (tertiary/aromatic N) is 4. The molecule has 1 unspecified atom stereocenters. The zero-order valence-electron chi connectivity index (χ0n) is 17.5.